The third kappa shape index (κ3) is 2.53. The molecule has 20 heavy (non-hydrogen) atoms. The number of azide groups is 1. The SMILES string of the molecule is [N-]=[N+]=Nc1cccc(O[n+]2ccc3ccccc3c2)c1. The van der Waals surface area contributed by atoms with Crippen molar-refractivity contribution in [1.29, 1.82) is 0 Å². The van der Waals surface area contributed by atoms with Gasteiger partial charge in [0.25, 0.3) is 0 Å². The molecule has 0 radical (unpaired) electrons. The maximum absolute atomic E-state index is 8.43. The van der Waals surface area contributed by atoms with Crippen LogP contribution in [0.25, 0.3) is 21.2 Å². The first-order valence-corrected chi connectivity index (χ1v) is 6.09. The van der Waals surface area contributed by atoms with Gasteiger partial charge in [-0.15, -0.1) is 0 Å². The molecule has 3 aromatic rings. The van der Waals surface area contributed by atoms with Gasteiger partial charge in [-0.3, -0.25) is 0 Å². The van der Waals surface area contributed by atoms with E-state index < -0.39 is 0 Å². The standard InChI is InChI=1S/C15H11N4O/c16-18-17-14-6-3-7-15(10-14)20-19-9-8-12-4-1-2-5-13(12)11-19/h1-11H/q+1. The van der Waals surface area contributed by atoms with Crippen LogP contribution in [0, 0.1) is 0 Å². The molecule has 96 valence electrons. The van der Waals surface area contributed by atoms with Crippen molar-refractivity contribution >= 4 is 16.5 Å². The minimum absolute atomic E-state index is 0.520. The average Bonchev–Trinajstić information content (AvgIpc) is 2.48. The molecule has 1 aromatic heterocycles. The average molecular weight is 263 g/mol. The Morgan fingerprint density at radius 3 is 2.70 bits per heavy atom. The molecule has 0 unspecified atom stereocenters. The zero-order chi connectivity index (χ0) is 13.8. The highest BCUT2D eigenvalue weighted by Crippen LogP contribution is 2.19. The second kappa shape index (κ2) is 5.30. The summed E-state index contributed by atoms with van der Waals surface area (Å²) in [6, 6.07) is 17.0. The topological polar surface area (TPSA) is 61.9 Å². The Labute approximate surface area is 115 Å². The molecule has 0 atom stereocenters. The van der Waals surface area contributed by atoms with Crippen molar-refractivity contribution in [2.75, 3.05) is 0 Å². The van der Waals surface area contributed by atoms with Gasteiger partial charge in [-0.05, 0) is 29.1 Å². The lowest BCUT2D eigenvalue weighted by Gasteiger charge is -2.00. The van der Waals surface area contributed by atoms with Crippen LogP contribution in [0.2, 0.25) is 0 Å². The summed E-state index contributed by atoms with van der Waals surface area (Å²) >= 11 is 0. The fraction of sp³-hybridized carbons (Fsp3) is 0. The fourth-order valence-corrected chi connectivity index (χ4v) is 1.95. The molecule has 0 saturated heterocycles. The van der Waals surface area contributed by atoms with E-state index in [2.05, 4.69) is 10.0 Å². The molecule has 0 saturated carbocycles. The van der Waals surface area contributed by atoms with E-state index in [1.54, 1.807) is 29.0 Å². The zero-order valence-electron chi connectivity index (χ0n) is 10.5. The van der Waals surface area contributed by atoms with E-state index in [1.807, 2.05) is 42.7 Å². The minimum Gasteiger partial charge on any atom is -0.232 e. The molecule has 1 heterocycles. The monoisotopic (exact) mass is 263 g/mol. The lowest BCUT2D eigenvalue weighted by atomic mass is 10.2. The quantitative estimate of drug-likeness (QED) is 0.306. The van der Waals surface area contributed by atoms with E-state index in [0.29, 0.717) is 11.4 Å². The van der Waals surface area contributed by atoms with Gasteiger partial charge in [0.2, 0.25) is 18.1 Å². The number of hydrogen-bond acceptors (Lipinski definition) is 2. The van der Waals surface area contributed by atoms with Crippen molar-refractivity contribution in [3.05, 3.63) is 77.4 Å². The number of benzene rings is 2. The first-order chi connectivity index (χ1) is 9.85. The van der Waals surface area contributed by atoms with Gasteiger partial charge in [0, 0.05) is 21.4 Å². The number of nitrogens with zero attached hydrogens (tertiary/aromatic N) is 4. The number of aromatic nitrogens is 1. The summed E-state index contributed by atoms with van der Waals surface area (Å²) in [4.78, 5) is 8.46. The first-order valence-electron chi connectivity index (χ1n) is 6.09. The molecular formula is C15H11N4O+. The minimum atomic E-state index is 0.520. The van der Waals surface area contributed by atoms with Crippen LogP contribution in [-0.2, 0) is 0 Å². The second-order valence-corrected chi connectivity index (χ2v) is 4.21. The molecule has 5 heteroatoms. The van der Waals surface area contributed by atoms with E-state index >= 15 is 0 Å². The smallest absolute Gasteiger partial charge is 0.230 e. The molecule has 5 nitrogen and oxygen atoms in total. The summed E-state index contributed by atoms with van der Waals surface area (Å²) in [7, 11) is 0. The Balaban J connectivity index is 1.92. The predicted octanol–water partition coefficient (Wildman–Crippen LogP) is 3.91. The third-order valence-corrected chi connectivity index (χ3v) is 2.85. The summed E-state index contributed by atoms with van der Waals surface area (Å²) in [5.41, 5.74) is 8.95. The second-order valence-electron chi connectivity index (χ2n) is 4.21. The Hall–Kier alpha value is -3.04. The van der Waals surface area contributed by atoms with Crippen LogP contribution in [0.1, 0.15) is 0 Å². The summed E-state index contributed by atoms with van der Waals surface area (Å²) in [6.45, 7) is 0. The Bertz CT molecular complexity index is 810. The van der Waals surface area contributed by atoms with E-state index in [-0.39, 0.29) is 0 Å². The maximum atomic E-state index is 8.43. The number of hydrogen-bond donors (Lipinski definition) is 0. The summed E-state index contributed by atoms with van der Waals surface area (Å²) < 4.78 is 1.62. The molecule has 0 fully saturated rings. The van der Waals surface area contributed by atoms with E-state index in [1.165, 1.54) is 0 Å². The lowest BCUT2D eigenvalue weighted by Crippen LogP contribution is -2.38. The van der Waals surface area contributed by atoms with Crippen LogP contribution in [0.15, 0.2) is 72.1 Å². The molecule has 2 aromatic carbocycles. The van der Waals surface area contributed by atoms with Gasteiger partial charge in [0.1, 0.15) is 0 Å². The molecule has 0 aliphatic carbocycles. The van der Waals surface area contributed by atoms with Crippen LogP contribution in [0.3, 0.4) is 0 Å². The predicted molar refractivity (Wildman–Crippen MR) is 75.4 cm³/mol. The number of fused-ring (bicyclic) bond motifs is 1. The van der Waals surface area contributed by atoms with Crippen molar-refractivity contribution in [2.45, 2.75) is 0 Å². The third-order valence-electron chi connectivity index (χ3n) is 2.85. The van der Waals surface area contributed by atoms with Gasteiger partial charge < -0.3 is 0 Å². The number of rotatable bonds is 3. The molecule has 0 bridgehead atoms. The van der Waals surface area contributed by atoms with Gasteiger partial charge >= 0.3 is 0 Å². The van der Waals surface area contributed by atoms with E-state index in [4.69, 9.17) is 10.4 Å². The lowest BCUT2D eigenvalue weighted by molar-refractivity contribution is -0.874. The Morgan fingerprint density at radius 1 is 1.00 bits per heavy atom. The van der Waals surface area contributed by atoms with Gasteiger partial charge in [-0.2, -0.15) is 0 Å². The molecule has 0 amide bonds. The highest BCUT2D eigenvalue weighted by molar-refractivity contribution is 5.80. The molecule has 3 rings (SSSR count). The normalized spacial score (nSPS) is 10.0. The van der Waals surface area contributed by atoms with Crippen LogP contribution in [-0.4, -0.2) is 0 Å². The molecule has 0 aliphatic heterocycles. The summed E-state index contributed by atoms with van der Waals surface area (Å²) in [5.74, 6) is 0.607. The highest BCUT2D eigenvalue weighted by Gasteiger charge is 2.06. The largest absolute Gasteiger partial charge is 0.232 e. The fourth-order valence-electron chi connectivity index (χ4n) is 1.95. The van der Waals surface area contributed by atoms with E-state index in [9.17, 15) is 0 Å². The van der Waals surface area contributed by atoms with Gasteiger partial charge in [-0.1, -0.05) is 35.4 Å². The van der Waals surface area contributed by atoms with Crippen molar-refractivity contribution in [2.24, 2.45) is 5.11 Å². The van der Waals surface area contributed by atoms with Crippen molar-refractivity contribution in [3.63, 3.8) is 0 Å². The first kappa shape index (κ1) is 12.0. The van der Waals surface area contributed by atoms with Gasteiger partial charge in [0.15, 0.2) is 0 Å². The highest BCUT2D eigenvalue weighted by atomic mass is 16.7. The van der Waals surface area contributed by atoms with Crippen LogP contribution in [0.4, 0.5) is 5.69 Å². The van der Waals surface area contributed by atoms with E-state index in [0.717, 1.165) is 10.8 Å². The molecule has 0 N–H and O–H groups in total. The van der Waals surface area contributed by atoms with Crippen molar-refractivity contribution in [3.8, 4) is 5.75 Å². The Kier molecular flexibility index (Phi) is 3.18. The molecule has 0 spiro atoms. The van der Waals surface area contributed by atoms with Crippen molar-refractivity contribution in [1.82, 2.24) is 0 Å². The van der Waals surface area contributed by atoms with Crippen molar-refractivity contribution < 1.29 is 9.57 Å². The maximum Gasteiger partial charge on any atom is 0.230 e. The summed E-state index contributed by atoms with van der Waals surface area (Å²) in [6.07, 6.45) is 3.73. The zero-order valence-corrected chi connectivity index (χ0v) is 10.5. The molecular weight excluding hydrogens is 252 g/mol. The summed E-state index contributed by atoms with van der Waals surface area (Å²) in [5, 5.41) is 5.78. The van der Waals surface area contributed by atoms with Gasteiger partial charge in [0.05, 0.1) is 5.39 Å². The Morgan fingerprint density at radius 2 is 1.85 bits per heavy atom. The molecule has 0 aliphatic rings. The van der Waals surface area contributed by atoms with Crippen LogP contribution in [0.5, 0.6) is 5.75 Å². The van der Waals surface area contributed by atoms with Crippen LogP contribution >= 0.6 is 0 Å². The number of pyridine rings is 1. The van der Waals surface area contributed by atoms with Gasteiger partial charge in [-0.25, -0.2) is 4.84 Å². The van der Waals surface area contributed by atoms with Crippen LogP contribution < -0.4 is 9.57 Å².